The third-order valence-electron chi connectivity index (χ3n) is 6.16. The van der Waals surface area contributed by atoms with Gasteiger partial charge in [-0.2, -0.15) is 4.31 Å². The summed E-state index contributed by atoms with van der Waals surface area (Å²) in [5, 5.41) is 3.45. The first-order valence-electron chi connectivity index (χ1n) is 11.3. The zero-order valence-corrected chi connectivity index (χ0v) is 20.3. The lowest BCUT2D eigenvalue weighted by molar-refractivity contribution is -0.122. The fourth-order valence-corrected chi connectivity index (χ4v) is 6.55. The molecule has 0 aliphatic carbocycles. The minimum absolute atomic E-state index is 0.0259. The molecule has 0 saturated carbocycles. The van der Waals surface area contributed by atoms with Crippen molar-refractivity contribution in [2.75, 3.05) is 13.1 Å². The second-order valence-electron chi connectivity index (χ2n) is 8.39. The van der Waals surface area contributed by atoms with Crippen molar-refractivity contribution in [1.29, 1.82) is 0 Å². The summed E-state index contributed by atoms with van der Waals surface area (Å²) in [5.41, 5.74) is 7.97. The maximum atomic E-state index is 13.5. The number of amides is 1. The van der Waals surface area contributed by atoms with Crippen LogP contribution in [0.1, 0.15) is 35.4 Å². The largest absolute Gasteiger partial charge is 0.351 e. The number of halogens is 1. The number of sulfonamides is 1. The van der Waals surface area contributed by atoms with E-state index in [1.165, 1.54) is 10.4 Å². The van der Waals surface area contributed by atoms with E-state index in [4.69, 9.17) is 17.3 Å². The van der Waals surface area contributed by atoms with Gasteiger partial charge in [0, 0.05) is 36.3 Å². The summed E-state index contributed by atoms with van der Waals surface area (Å²) in [6, 6.07) is 23.7. The lowest BCUT2D eigenvalue weighted by atomic mass is 9.90. The minimum atomic E-state index is -3.80. The van der Waals surface area contributed by atoms with Crippen LogP contribution in [0.4, 0.5) is 0 Å². The van der Waals surface area contributed by atoms with Crippen molar-refractivity contribution in [3.63, 3.8) is 0 Å². The molecule has 178 valence electrons. The van der Waals surface area contributed by atoms with Crippen molar-refractivity contribution in [2.45, 2.75) is 36.2 Å². The van der Waals surface area contributed by atoms with Crippen LogP contribution >= 0.6 is 11.6 Å². The molecular formula is C26H28ClN3O3S. The first-order valence-corrected chi connectivity index (χ1v) is 13.1. The number of nitrogens with one attached hydrogen (secondary N) is 1. The summed E-state index contributed by atoms with van der Waals surface area (Å²) < 4.78 is 28.3. The van der Waals surface area contributed by atoms with E-state index in [1.807, 2.05) is 60.7 Å². The number of carbonyl (C=O) groups excluding carboxylic acids is 1. The highest BCUT2D eigenvalue weighted by Gasteiger charge is 2.34. The second-order valence-corrected chi connectivity index (χ2v) is 10.7. The molecule has 3 N–H and O–H groups in total. The van der Waals surface area contributed by atoms with Crippen molar-refractivity contribution >= 4 is 27.5 Å². The molecule has 1 atom stereocenters. The molecule has 0 bridgehead atoms. The normalized spacial score (nSPS) is 17.0. The van der Waals surface area contributed by atoms with Crippen LogP contribution in [0.2, 0.25) is 5.02 Å². The molecule has 1 saturated heterocycles. The van der Waals surface area contributed by atoms with Gasteiger partial charge in [-0.25, -0.2) is 8.42 Å². The topological polar surface area (TPSA) is 92.5 Å². The highest BCUT2D eigenvalue weighted by Crippen LogP contribution is 2.29. The Kier molecular flexibility index (Phi) is 7.68. The summed E-state index contributed by atoms with van der Waals surface area (Å²) in [7, 11) is -3.80. The number of hydrogen-bond acceptors (Lipinski definition) is 4. The average molecular weight is 498 g/mol. The molecule has 1 aliphatic heterocycles. The van der Waals surface area contributed by atoms with Gasteiger partial charge in [0.1, 0.15) is 0 Å². The van der Waals surface area contributed by atoms with Crippen LogP contribution in [-0.2, 0) is 21.4 Å². The fraction of sp³-hybridized carbons (Fsp3) is 0.269. The lowest BCUT2D eigenvalue weighted by Gasteiger charge is -2.33. The van der Waals surface area contributed by atoms with E-state index in [9.17, 15) is 13.2 Å². The smallest absolute Gasteiger partial charge is 0.243 e. The van der Waals surface area contributed by atoms with Gasteiger partial charge in [-0.05, 0) is 36.1 Å². The van der Waals surface area contributed by atoms with E-state index < -0.39 is 15.9 Å². The van der Waals surface area contributed by atoms with Crippen molar-refractivity contribution in [1.82, 2.24) is 9.62 Å². The molecule has 6 nitrogen and oxygen atoms in total. The van der Waals surface area contributed by atoms with Gasteiger partial charge in [0.15, 0.2) is 0 Å². The molecule has 0 aromatic heterocycles. The quantitative estimate of drug-likeness (QED) is 0.517. The molecule has 1 amide bonds. The molecule has 0 spiro atoms. The van der Waals surface area contributed by atoms with Gasteiger partial charge in [0.2, 0.25) is 15.9 Å². The summed E-state index contributed by atoms with van der Waals surface area (Å²) in [6.07, 6.45) is 1.34. The van der Waals surface area contributed by atoms with Crippen molar-refractivity contribution in [3.05, 3.63) is 101 Å². The highest BCUT2D eigenvalue weighted by atomic mass is 35.5. The van der Waals surface area contributed by atoms with Gasteiger partial charge in [0.05, 0.1) is 10.8 Å². The summed E-state index contributed by atoms with van der Waals surface area (Å²) >= 11 is 6.20. The van der Waals surface area contributed by atoms with Crippen LogP contribution in [0.3, 0.4) is 0 Å². The number of benzene rings is 3. The Labute approximate surface area is 205 Å². The van der Waals surface area contributed by atoms with Crippen LogP contribution in [0, 0.1) is 0 Å². The molecule has 8 heteroatoms. The molecule has 0 unspecified atom stereocenters. The SMILES string of the molecule is NCc1c(Cl)cccc1S(=O)(=O)N1CCC[C@H](NC(=O)C(c2ccccc2)c2ccccc2)C1. The maximum Gasteiger partial charge on any atom is 0.243 e. The van der Waals surface area contributed by atoms with Crippen LogP contribution in [-0.4, -0.2) is 37.8 Å². The molecule has 3 aromatic carbocycles. The van der Waals surface area contributed by atoms with Crippen LogP contribution in [0.15, 0.2) is 83.8 Å². The Balaban J connectivity index is 1.55. The predicted molar refractivity (Wildman–Crippen MR) is 134 cm³/mol. The number of hydrogen-bond donors (Lipinski definition) is 2. The lowest BCUT2D eigenvalue weighted by Crippen LogP contribution is -2.50. The van der Waals surface area contributed by atoms with Gasteiger partial charge in [-0.3, -0.25) is 4.79 Å². The summed E-state index contributed by atoms with van der Waals surface area (Å²) in [4.78, 5) is 13.6. The standard InChI is InChI=1S/C26H28ClN3O3S/c27-23-14-7-15-24(22(23)17-28)34(32,33)30-16-8-13-21(18-30)29-26(31)25(19-9-3-1-4-10-19)20-11-5-2-6-12-20/h1-7,9-12,14-15,21,25H,8,13,16-18,28H2,(H,29,31)/t21-/m0/s1. The second kappa shape index (κ2) is 10.7. The monoisotopic (exact) mass is 497 g/mol. The number of nitrogens with zero attached hydrogens (tertiary/aromatic N) is 1. The Hall–Kier alpha value is -2.71. The fourth-order valence-electron chi connectivity index (χ4n) is 4.47. The number of rotatable bonds is 7. The van der Waals surface area contributed by atoms with Crippen LogP contribution in [0.5, 0.6) is 0 Å². The van der Waals surface area contributed by atoms with E-state index in [0.29, 0.717) is 30.0 Å². The minimum Gasteiger partial charge on any atom is -0.351 e. The van der Waals surface area contributed by atoms with Gasteiger partial charge in [0.25, 0.3) is 0 Å². The first-order chi connectivity index (χ1) is 16.4. The van der Waals surface area contributed by atoms with Crippen LogP contribution < -0.4 is 11.1 Å². The molecule has 1 heterocycles. The predicted octanol–water partition coefficient (Wildman–Crippen LogP) is 3.90. The van der Waals surface area contributed by atoms with Gasteiger partial charge < -0.3 is 11.1 Å². The van der Waals surface area contributed by atoms with Crippen LogP contribution in [0.25, 0.3) is 0 Å². The molecule has 1 aliphatic rings. The van der Waals surface area contributed by atoms with Gasteiger partial charge >= 0.3 is 0 Å². The Bertz CT molecular complexity index is 1200. The van der Waals surface area contributed by atoms with Crippen molar-refractivity contribution in [2.24, 2.45) is 5.73 Å². The van der Waals surface area contributed by atoms with Crippen molar-refractivity contribution < 1.29 is 13.2 Å². The third kappa shape index (κ3) is 5.18. The zero-order chi connectivity index (χ0) is 24.1. The Morgan fingerprint density at radius 3 is 2.21 bits per heavy atom. The van der Waals surface area contributed by atoms with E-state index in [-0.39, 0.29) is 29.9 Å². The van der Waals surface area contributed by atoms with E-state index in [2.05, 4.69) is 5.32 Å². The first kappa shape index (κ1) is 24.4. The molecule has 4 rings (SSSR count). The summed E-state index contributed by atoms with van der Waals surface area (Å²) in [5.74, 6) is -0.627. The number of nitrogens with two attached hydrogens (primary N) is 1. The average Bonchev–Trinajstić information content (AvgIpc) is 2.85. The van der Waals surface area contributed by atoms with Crippen molar-refractivity contribution in [3.8, 4) is 0 Å². The van der Waals surface area contributed by atoms with E-state index in [1.54, 1.807) is 12.1 Å². The molecule has 3 aromatic rings. The van der Waals surface area contributed by atoms with Gasteiger partial charge in [-0.15, -0.1) is 0 Å². The molecule has 0 radical (unpaired) electrons. The van der Waals surface area contributed by atoms with Gasteiger partial charge in [-0.1, -0.05) is 78.3 Å². The molecule has 1 fully saturated rings. The van der Waals surface area contributed by atoms with E-state index in [0.717, 1.165) is 11.1 Å². The number of piperidine rings is 1. The molecular weight excluding hydrogens is 470 g/mol. The highest BCUT2D eigenvalue weighted by molar-refractivity contribution is 7.89. The summed E-state index contributed by atoms with van der Waals surface area (Å²) in [6.45, 7) is 0.602. The molecule has 34 heavy (non-hydrogen) atoms. The number of carbonyl (C=O) groups is 1. The maximum absolute atomic E-state index is 13.5. The zero-order valence-electron chi connectivity index (χ0n) is 18.7. The van der Waals surface area contributed by atoms with E-state index >= 15 is 0 Å². The third-order valence-corrected chi connectivity index (χ3v) is 8.46. The Morgan fingerprint density at radius 1 is 1.00 bits per heavy atom. The Morgan fingerprint density at radius 2 is 1.62 bits per heavy atom.